The number of benzene rings is 1. The number of urea groups is 2. The summed E-state index contributed by atoms with van der Waals surface area (Å²) in [6.45, 7) is 7.54. The first-order valence-corrected chi connectivity index (χ1v) is 7.21. The van der Waals surface area contributed by atoms with Crippen LogP contribution in [0.3, 0.4) is 0 Å². The standard InChI is InChI=1S/C15H20N4O2/c1-9-4-5-12(16-14(20)18-7-10(18)2)6-13(9)17-15(21)19-8-11(19)3/h4-6,10-11H,7-8H2,1-3H3,(H,16,20)(H,17,21)/t10-,11-,18?,19?/m1/s1. The van der Waals surface area contributed by atoms with Gasteiger partial charge in [0.1, 0.15) is 0 Å². The number of aryl methyl sites for hydroxylation is 1. The van der Waals surface area contributed by atoms with E-state index in [1.54, 1.807) is 15.9 Å². The molecule has 4 amide bonds. The average molecular weight is 288 g/mol. The molecule has 6 nitrogen and oxygen atoms in total. The third-order valence-electron chi connectivity index (χ3n) is 3.97. The SMILES string of the molecule is Cc1ccc(NC(=O)N2C[C@H]2C)cc1NC(=O)N1C[C@H]1C. The molecule has 0 bridgehead atoms. The van der Waals surface area contributed by atoms with Gasteiger partial charge >= 0.3 is 12.1 Å². The van der Waals surface area contributed by atoms with Crippen LogP contribution in [0.1, 0.15) is 19.4 Å². The highest BCUT2D eigenvalue weighted by Crippen LogP contribution is 2.25. The van der Waals surface area contributed by atoms with Crippen molar-refractivity contribution in [2.75, 3.05) is 23.7 Å². The van der Waals surface area contributed by atoms with Gasteiger partial charge in [0.25, 0.3) is 0 Å². The van der Waals surface area contributed by atoms with Crippen molar-refractivity contribution in [1.82, 2.24) is 9.80 Å². The van der Waals surface area contributed by atoms with Crippen LogP contribution >= 0.6 is 0 Å². The summed E-state index contributed by atoms with van der Waals surface area (Å²) in [4.78, 5) is 27.3. The zero-order valence-electron chi connectivity index (χ0n) is 12.5. The van der Waals surface area contributed by atoms with Crippen LogP contribution in [-0.4, -0.2) is 47.0 Å². The van der Waals surface area contributed by atoms with Gasteiger partial charge < -0.3 is 20.4 Å². The van der Waals surface area contributed by atoms with Crippen molar-refractivity contribution in [2.24, 2.45) is 0 Å². The van der Waals surface area contributed by atoms with Gasteiger partial charge in [-0.2, -0.15) is 0 Å². The lowest BCUT2D eigenvalue weighted by atomic mass is 10.2. The van der Waals surface area contributed by atoms with E-state index in [4.69, 9.17) is 0 Å². The summed E-state index contributed by atoms with van der Waals surface area (Å²) in [5.41, 5.74) is 2.39. The number of nitrogens with zero attached hydrogens (tertiary/aromatic N) is 2. The third-order valence-corrected chi connectivity index (χ3v) is 3.97. The fourth-order valence-electron chi connectivity index (χ4n) is 2.26. The Bertz CT molecular complexity index is 601. The average Bonchev–Trinajstić information content (AvgIpc) is 3.32. The first-order valence-electron chi connectivity index (χ1n) is 7.21. The Morgan fingerprint density at radius 2 is 1.57 bits per heavy atom. The largest absolute Gasteiger partial charge is 0.322 e. The Morgan fingerprint density at radius 3 is 2.10 bits per heavy atom. The van der Waals surface area contributed by atoms with Gasteiger partial charge in [-0.25, -0.2) is 9.59 Å². The van der Waals surface area contributed by atoms with E-state index in [1.165, 1.54) is 0 Å². The smallest absolute Gasteiger partial charge is 0.318 e. The maximum Gasteiger partial charge on any atom is 0.322 e. The Kier molecular flexibility index (Phi) is 3.23. The van der Waals surface area contributed by atoms with Gasteiger partial charge in [-0.1, -0.05) is 6.07 Å². The van der Waals surface area contributed by atoms with Crippen LogP contribution in [0.4, 0.5) is 21.0 Å². The highest BCUT2D eigenvalue weighted by molar-refractivity contribution is 5.95. The number of anilines is 2. The molecule has 1 aromatic rings. The van der Waals surface area contributed by atoms with Crippen LogP contribution < -0.4 is 10.6 Å². The number of carbonyl (C=O) groups excluding carboxylic acids is 2. The molecular formula is C15H20N4O2. The van der Waals surface area contributed by atoms with Gasteiger partial charge in [-0.3, -0.25) is 0 Å². The molecule has 2 saturated heterocycles. The van der Waals surface area contributed by atoms with Crippen molar-refractivity contribution in [3.63, 3.8) is 0 Å². The lowest BCUT2D eigenvalue weighted by Gasteiger charge is -2.12. The number of carbonyl (C=O) groups is 2. The van der Waals surface area contributed by atoms with E-state index in [-0.39, 0.29) is 12.1 Å². The van der Waals surface area contributed by atoms with Crippen LogP contribution in [0.15, 0.2) is 18.2 Å². The van der Waals surface area contributed by atoms with Crippen molar-refractivity contribution in [1.29, 1.82) is 0 Å². The minimum Gasteiger partial charge on any atom is -0.318 e. The van der Waals surface area contributed by atoms with Crippen LogP contribution in [0.25, 0.3) is 0 Å². The Labute approximate surface area is 124 Å². The number of amides is 4. The monoisotopic (exact) mass is 288 g/mol. The summed E-state index contributed by atoms with van der Waals surface area (Å²) < 4.78 is 0. The third kappa shape index (κ3) is 2.94. The summed E-state index contributed by atoms with van der Waals surface area (Å²) in [7, 11) is 0. The van der Waals surface area contributed by atoms with E-state index >= 15 is 0 Å². The predicted octanol–water partition coefficient (Wildman–Crippen LogP) is 2.47. The van der Waals surface area contributed by atoms with Crippen molar-refractivity contribution in [3.8, 4) is 0 Å². The molecule has 2 aliphatic rings. The Balaban J connectivity index is 1.67. The Morgan fingerprint density at radius 1 is 1.05 bits per heavy atom. The van der Waals surface area contributed by atoms with Crippen LogP contribution in [0, 0.1) is 6.92 Å². The lowest BCUT2D eigenvalue weighted by molar-refractivity contribution is 0.239. The highest BCUT2D eigenvalue weighted by atomic mass is 16.2. The van der Waals surface area contributed by atoms with Crippen molar-refractivity contribution < 1.29 is 9.59 Å². The molecule has 3 rings (SSSR count). The molecule has 0 spiro atoms. The van der Waals surface area contributed by atoms with E-state index in [1.807, 2.05) is 32.9 Å². The first-order chi connectivity index (χ1) is 9.95. The van der Waals surface area contributed by atoms with Crippen molar-refractivity contribution in [2.45, 2.75) is 32.9 Å². The van der Waals surface area contributed by atoms with Gasteiger partial charge in [0.2, 0.25) is 0 Å². The molecule has 2 atom stereocenters. The molecule has 2 aliphatic heterocycles. The second kappa shape index (κ2) is 4.95. The molecule has 6 heteroatoms. The summed E-state index contributed by atoms with van der Waals surface area (Å²) in [5.74, 6) is 0. The molecule has 112 valence electrons. The van der Waals surface area contributed by atoms with Crippen LogP contribution in [-0.2, 0) is 0 Å². The zero-order chi connectivity index (χ0) is 15.1. The van der Waals surface area contributed by atoms with E-state index in [0.29, 0.717) is 17.8 Å². The molecule has 1 aromatic carbocycles. The summed E-state index contributed by atoms with van der Waals surface area (Å²) in [6, 6.07) is 5.99. The number of nitrogens with one attached hydrogen (secondary N) is 2. The molecule has 0 aromatic heterocycles. The second-order valence-corrected chi connectivity index (χ2v) is 5.89. The normalized spacial score (nSPS) is 22.8. The van der Waals surface area contributed by atoms with Crippen molar-refractivity contribution >= 4 is 23.4 Å². The summed E-state index contributed by atoms with van der Waals surface area (Å²) in [6.07, 6.45) is 0. The highest BCUT2D eigenvalue weighted by Gasteiger charge is 2.35. The minimum absolute atomic E-state index is 0.0892. The number of rotatable bonds is 2. The van der Waals surface area contributed by atoms with E-state index < -0.39 is 0 Å². The lowest BCUT2D eigenvalue weighted by Crippen LogP contribution is -2.22. The molecule has 0 saturated carbocycles. The summed E-state index contributed by atoms with van der Waals surface area (Å²) in [5, 5.41) is 5.74. The second-order valence-electron chi connectivity index (χ2n) is 5.89. The molecule has 2 heterocycles. The maximum absolute atomic E-state index is 12.0. The quantitative estimate of drug-likeness (QED) is 0.821. The molecule has 2 fully saturated rings. The van der Waals surface area contributed by atoms with Crippen molar-refractivity contribution in [3.05, 3.63) is 23.8 Å². The fraction of sp³-hybridized carbons (Fsp3) is 0.467. The molecular weight excluding hydrogens is 268 g/mol. The van der Waals surface area contributed by atoms with Gasteiger partial charge in [0.05, 0.1) is 0 Å². The van der Waals surface area contributed by atoms with Gasteiger partial charge in [0, 0.05) is 36.5 Å². The molecule has 2 N–H and O–H groups in total. The Hall–Kier alpha value is -2.24. The number of hydrogen-bond donors (Lipinski definition) is 2. The van der Waals surface area contributed by atoms with Crippen LogP contribution in [0.5, 0.6) is 0 Å². The first kappa shape index (κ1) is 13.7. The maximum atomic E-state index is 12.0. The van der Waals surface area contributed by atoms with Gasteiger partial charge in [-0.05, 0) is 38.5 Å². The van der Waals surface area contributed by atoms with E-state index in [2.05, 4.69) is 10.6 Å². The van der Waals surface area contributed by atoms with Crippen LogP contribution in [0.2, 0.25) is 0 Å². The van der Waals surface area contributed by atoms with E-state index in [9.17, 15) is 9.59 Å². The topological polar surface area (TPSA) is 64.2 Å². The molecule has 0 aliphatic carbocycles. The molecule has 21 heavy (non-hydrogen) atoms. The predicted molar refractivity (Wildman–Crippen MR) is 81.6 cm³/mol. The van der Waals surface area contributed by atoms with E-state index in [0.717, 1.165) is 24.3 Å². The summed E-state index contributed by atoms with van der Waals surface area (Å²) >= 11 is 0. The van der Waals surface area contributed by atoms with Gasteiger partial charge in [-0.15, -0.1) is 0 Å². The van der Waals surface area contributed by atoms with Gasteiger partial charge in [0.15, 0.2) is 0 Å². The molecule has 0 radical (unpaired) electrons. The molecule has 0 unspecified atom stereocenters. The zero-order valence-corrected chi connectivity index (χ0v) is 12.5. The minimum atomic E-state index is -0.0943. The fourth-order valence-corrected chi connectivity index (χ4v) is 2.26. The number of hydrogen-bond acceptors (Lipinski definition) is 2.